The van der Waals surface area contributed by atoms with E-state index in [-0.39, 0.29) is 23.6 Å². The molecule has 24 heavy (non-hydrogen) atoms. The van der Waals surface area contributed by atoms with Crippen molar-refractivity contribution in [1.29, 1.82) is 0 Å². The van der Waals surface area contributed by atoms with E-state index in [1.54, 1.807) is 27.7 Å². The lowest BCUT2D eigenvalue weighted by molar-refractivity contribution is 0.0635. The Morgan fingerprint density at radius 2 is 1.67 bits per heavy atom. The van der Waals surface area contributed by atoms with Crippen LogP contribution in [0.4, 0.5) is 8.78 Å². The van der Waals surface area contributed by atoms with Gasteiger partial charge >= 0.3 is 0 Å². The van der Waals surface area contributed by atoms with Crippen LogP contribution in [0.5, 0.6) is 11.5 Å². The van der Waals surface area contributed by atoms with Gasteiger partial charge < -0.3 is 9.64 Å². The minimum atomic E-state index is -1.24. The summed E-state index contributed by atoms with van der Waals surface area (Å²) in [5, 5.41) is 0. The van der Waals surface area contributed by atoms with Crippen molar-refractivity contribution < 1.29 is 18.3 Å². The Labute approximate surface area is 139 Å². The van der Waals surface area contributed by atoms with Gasteiger partial charge in [-0.25, -0.2) is 18.7 Å². The summed E-state index contributed by atoms with van der Waals surface area (Å²) < 4.78 is 33.6. The van der Waals surface area contributed by atoms with Gasteiger partial charge in [0.05, 0.1) is 12.4 Å². The van der Waals surface area contributed by atoms with E-state index in [0.29, 0.717) is 0 Å². The van der Waals surface area contributed by atoms with Crippen molar-refractivity contribution in [2.75, 3.05) is 0 Å². The van der Waals surface area contributed by atoms with Crippen LogP contribution >= 0.6 is 0 Å². The zero-order valence-corrected chi connectivity index (χ0v) is 14.0. The van der Waals surface area contributed by atoms with Gasteiger partial charge in [-0.2, -0.15) is 0 Å². The third kappa shape index (κ3) is 3.67. The topological polar surface area (TPSA) is 55.3 Å². The fourth-order valence-electron chi connectivity index (χ4n) is 2.48. The molecule has 0 aliphatic heterocycles. The lowest BCUT2D eigenvalue weighted by atomic mass is 10.1. The summed E-state index contributed by atoms with van der Waals surface area (Å²) in [6.07, 6.45) is 4.04. The monoisotopic (exact) mass is 335 g/mol. The molecular weight excluding hydrogens is 316 g/mol. The van der Waals surface area contributed by atoms with E-state index < -0.39 is 23.1 Å². The Kier molecular flexibility index (Phi) is 5.43. The zero-order valence-electron chi connectivity index (χ0n) is 14.0. The molecule has 0 N–H and O–H groups in total. The molecule has 0 saturated carbocycles. The van der Waals surface area contributed by atoms with Crippen LogP contribution in [0.2, 0.25) is 0 Å². The van der Waals surface area contributed by atoms with Crippen molar-refractivity contribution in [2.45, 2.75) is 39.8 Å². The number of benzene rings is 1. The van der Waals surface area contributed by atoms with Crippen molar-refractivity contribution in [3.8, 4) is 11.5 Å². The minimum absolute atomic E-state index is 0.0833. The van der Waals surface area contributed by atoms with Crippen LogP contribution in [-0.4, -0.2) is 32.9 Å². The van der Waals surface area contributed by atoms with E-state index in [1.165, 1.54) is 29.7 Å². The van der Waals surface area contributed by atoms with Gasteiger partial charge in [0, 0.05) is 12.1 Å². The van der Waals surface area contributed by atoms with Crippen LogP contribution in [0.15, 0.2) is 30.9 Å². The normalized spacial score (nSPS) is 11.0. The summed E-state index contributed by atoms with van der Waals surface area (Å²) in [6, 6.07) is 1.76. The van der Waals surface area contributed by atoms with Crippen molar-refractivity contribution in [2.24, 2.45) is 0 Å². The highest BCUT2D eigenvalue weighted by molar-refractivity contribution is 5.97. The fraction of sp³-hybridized carbons (Fsp3) is 0.353. The van der Waals surface area contributed by atoms with Crippen LogP contribution in [0.1, 0.15) is 38.1 Å². The van der Waals surface area contributed by atoms with E-state index in [0.717, 1.165) is 6.07 Å². The third-order valence-electron chi connectivity index (χ3n) is 3.38. The number of rotatable bonds is 5. The van der Waals surface area contributed by atoms with E-state index in [2.05, 4.69) is 9.97 Å². The number of carbonyl (C=O) groups is 1. The number of aromatic nitrogens is 2. The maximum Gasteiger partial charge on any atom is 0.261 e. The van der Waals surface area contributed by atoms with Crippen molar-refractivity contribution in [3.63, 3.8) is 0 Å². The smallest absolute Gasteiger partial charge is 0.261 e. The van der Waals surface area contributed by atoms with Crippen LogP contribution in [0.25, 0.3) is 0 Å². The number of nitrogens with zero attached hydrogens (tertiary/aromatic N) is 3. The van der Waals surface area contributed by atoms with Gasteiger partial charge in [0.2, 0.25) is 0 Å². The molecule has 0 unspecified atom stereocenters. The fourth-order valence-corrected chi connectivity index (χ4v) is 2.48. The maximum absolute atomic E-state index is 14.4. The SMILES string of the molecule is CC(C)N(C(=O)c1c(Oc2cncnc2)ccc(F)c1F)C(C)C. The Balaban J connectivity index is 2.51. The summed E-state index contributed by atoms with van der Waals surface area (Å²) >= 11 is 0. The second-order valence-corrected chi connectivity index (χ2v) is 5.81. The molecule has 0 atom stereocenters. The van der Waals surface area contributed by atoms with E-state index in [1.807, 2.05) is 0 Å². The van der Waals surface area contributed by atoms with Gasteiger partial charge in [0.15, 0.2) is 17.4 Å². The number of hydrogen-bond donors (Lipinski definition) is 0. The number of amides is 1. The highest BCUT2D eigenvalue weighted by Gasteiger charge is 2.29. The first-order valence-electron chi connectivity index (χ1n) is 7.56. The number of ether oxygens (including phenoxy) is 1. The van der Waals surface area contributed by atoms with E-state index in [4.69, 9.17) is 4.74 Å². The average molecular weight is 335 g/mol. The van der Waals surface area contributed by atoms with Crippen LogP contribution in [-0.2, 0) is 0 Å². The molecule has 0 aliphatic rings. The van der Waals surface area contributed by atoms with Gasteiger partial charge in [0.1, 0.15) is 17.6 Å². The highest BCUT2D eigenvalue weighted by atomic mass is 19.2. The summed E-state index contributed by atoms with van der Waals surface area (Å²) in [6.45, 7) is 7.22. The molecule has 1 heterocycles. The summed E-state index contributed by atoms with van der Waals surface area (Å²) in [4.78, 5) is 21.9. The van der Waals surface area contributed by atoms with Gasteiger partial charge in [-0.15, -0.1) is 0 Å². The lowest BCUT2D eigenvalue weighted by Gasteiger charge is -2.31. The third-order valence-corrected chi connectivity index (χ3v) is 3.38. The standard InChI is InChI=1S/C17H19F2N3O2/c1-10(2)22(11(3)4)17(23)15-14(6-5-13(18)16(15)19)24-12-7-20-9-21-8-12/h5-11H,1-4H3. The molecule has 2 rings (SSSR count). The maximum atomic E-state index is 14.4. The molecule has 128 valence electrons. The molecule has 2 aromatic rings. The summed E-state index contributed by atoms with van der Waals surface area (Å²) in [7, 11) is 0. The van der Waals surface area contributed by atoms with Crippen LogP contribution in [0, 0.1) is 11.6 Å². The quantitative estimate of drug-likeness (QED) is 0.834. The molecule has 0 radical (unpaired) electrons. The largest absolute Gasteiger partial charge is 0.453 e. The van der Waals surface area contributed by atoms with Crippen molar-refractivity contribution in [1.82, 2.24) is 14.9 Å². The summed E-state index contributed by atoms with van der Waals surface area (Å²) in [5.74, 6) is -2.84. The van der Waals surface area contributed by atoms with Gasteiger partial charge in [-0.1, -0.05) is 0 Å². The molecular formula is C17H19F2N3O2. The highest BCUT2D eigenvalue weighted by Crippen LogP contribution is 2.30. The first kappa shape index (κ1) is 17.8. The predicted octanol–water partition coefficient (Wildman–Crippen LogP) is 3.81. The Bertz CT molecular complexity index is 713. The molecule has 5 nitrogen and oxygen atoms in total. The minimum Gasteiger partial charge on any atom is -0.453 e. The molecule has 1 aromatic carbocycles. The molecule has 0 bridgehead atoms. The van der Waals surface area contributed by atoms with Gasteiger partial charge in [0.25, 0.3) is 5.91 Å². The van der Waals surface area contributed by atoms with Crippen molar-refractivity contribution >= 4 is 5.91 Å². The Morgan fingerprint density at radius 1 is 1.08 bits per heavy atom. The first-order valence-corrected chi connectivity index (χ1v) is 7.56. The second-order valence-electron chi connectivity index (χ2n) is 5.81. The molecule has 7 heteroatoms. The molecule has 1 amide bonds. The van der Waals surface area contributed by atoms with Gasteiger partial charge in [-0.3, -0.25) is 4.79 Å². The van der Waals surface area contributed by atoms with Crippen LogP contribution in [0.3, 0.4) is 0 Å². The summed E-state index contributed by atoms with van der Waals surface area (Å²) in [5.41, 5.74) is -0.443. The Hall–Kier alpha value is -2.57. The number of halogens is 2. The van der Waals surface area contributed by atoms with Gasteiger partial charge in [-0.05, 0) is 39.8 Å². The number of hydrogen-bond acceptors (Lipinski definition) is 4. The zero-order chi connectivity index (χ0) is 17.9. The molecule has 1 aromatic heterocycles. The molecule has 0 fully saturated rings. The predicted molar refractivity (Wildman–Crippen MR) is 84.9 cm³/mol. The first-order chi connectivity index (χ1) is 11.3. The number of carbonyl (C=O) groups excluding carboxylic acids is 1. The van der Waals surface area contributed by atoms with Crippen molar-refractivity contribution in [3.05, 3.63) is 48.1 Å². The van der Waals surface area contributed by atoms with E-state index in [9.17, 15) is 13.6 Å². The molecule has 0 saturated heterocycles. The molecule has 0 spiro atoms. The van der Waals surface area contributed by atoms with Crippen LogP contribution < -0.4 is 4.74 Å². The molecule has 0 aliphatic carbocycles. The van der Waals surface area contributed by atoms with E-state index >= 15 is 0 Å². The average Bonchev–Trinajstić information content (AvgIpc) is 2.51. The second kappa shape index (κ2) is 7.33. The lowest BCUT2D eigenvalue weighted by Crippen LogP contribution is -2.42. The Morgan fingerprint density at radius 3 is 2.21 bits per heavy atom.